The summed E-state index contributed by atoms with van der Waals surface area (Å²) in [4.78, 5) is 23.4. The number of anilines is 2. The quantitative estimate of drug-likeness (QED) is 0.621. The number of aromatic nitrogens is 2. The maximum Gasteiger partial charge on any atom is 0.257 e. The maximum absolute atomic E-state index is 13.0. The van der Waals surface area contributed by atoms with E-state index in [1.807, 2.05) is 74.2 Å². The minimum Gasteiger partial charge on any atom is -0.332 e. The minimum absolute atomic E-state index is 0.0552. The van der Waals surface area contributed by atoms with E-state index in [0.717, 1.165) is 16.8 Å². The van der Waals surface area contributed by atoms with E-state index >= 15 is 0 Å². The predicted octanol–water partition coefficient (Wildman–Crippen LogP) is 5.23. The van der Waals surface area contributed by atoms with Crippen LogP contribution in [-0.4, -0.2) is 26.8 Å². The monoisotopic (exact) mass is 394 g/mol. The van der Waals surface area contributed by atoms with Gasteiger partial charge in [-0.25, -0.2) is 9.97 Å². The third-order valence-electron chi connectivity index (χ3n) is 4.49. The predicted molar refractivity (Wildman–Crippen MR) is 113 cm³/mol. The van der Waals surface area contributed by atoms with Gasteiger partial charge in [0.25, 0.3) is 5.91 Å². The maximum atomic E-state index is 13.0. The summed E-state index contributed by atoms with van der Waals surface area (Å²) in [6, 6.07) is 15.6. The molecule has 6 heteroatoms. The van der Waals surface area contributed by atoms with E-state index in [1.165, 1.54) is 0 Å². The van der Waals surface area contributed by atoms with E-state index in [9.17, 15) is 4.79 Å². The van der Waals surface area contributed by atoms with Crippen LogP contribution in [0.4, 0.5) is 11.6 Å². The molecule has 0 bridgehead atoms. The molecule has 0 saturated carbocycles. The number of benzene rings is 2. The molecule has 2 aromatic carbocycles. The molecule has 0 spiro atoms. The van der Waals surface area contributed by atoms with Crippen molar-refractivity contribution in [2.75, 3.05) is 5.32 Å². The highest BCUT2D eigenvalue weighted by Gasteiger charge is 2.20. The number of nitrogens with one attached hydrogen (secondary N) is 1. The molecule has 0 aliphatic rings. The van der Waals surface area contributed by atoms with Crippen molar-refractivity contribution in [1.82, 2.24) is 14.9 Å². The summed E-state index contributed by atoms with van der Waals surface area (Å²) in [5.41, 5.74) is 3.29. The van der Waals surface area contributed by atoms with Gasteiger partial charge in [-0.2, -0.15) is 0 Å². The van der Waals surface area contributed by atoms with Crippen LogP contribution in [-0.2, 0) is 6.54 Å². The van der Waals surface area contributed by atoms with Crippen LogP contribution >= 0.6 is 11.6 Å². The van der Waals surface area contributed by atoms with Crippen molar-refractivity contribution >= 4 is 29.1 Å². The molecule has 144 valence electrons. The number of carbonyl (C=O) groups excluding carboxylic acids is 1. The standard InChI is InChI=1S/C22H23ClN4O/c1-15(2)27(14-17-8-5-4-6-9-17)21(28)18-12-24-22(25-13-18)26-20-11-7-10-19(23)16(20)3/h4-13,15H,14H2,1-3H3,(H,24,25,26). The zero-order valence-electron chi connectivity index (χ0n) is 16.2. The number of carbonyl (C=O) groups is 1. The third-order valence-corrected chi connectivity index (χ3v) is 4.90. The zero-order valence-corrected chi connectivity index (χ0v) is 16.9. The molecule has 0 unspecified atom stereocenters. The van der Waals surface area contributed by atoms with Crippen LogP contribution in [0.15, 0.2) is 60.9 Å². The lowest BCUT2D eigenvalue weighted by atomic mass is 10.1. The Hall–Kier alpha value is -2.92. The molecule has 3 aromatic rings. The highest BCUT2D eigenvalue weighted by Crippen LogP contribution is 2.25. The van der Waals surface area contributed by atoms with Gasteiger partial charge in [0.15, 0.2) is 0 Å². The molecule has 0 atom stereocenters. The Bertz CT molecular complexity index is 943. The molecule has 0 radical (unpaired) electrons. The van der Waals surface area contributed by atoms with E-state index in [-0.39, 0.29) is 11.9 Å². The zero-order chi connectivity index (χ0) is 20.1. The van der Waals surface area contributed by atoms with E-state index in [2.05, 4.69) is 15.3 Å². The number of rotatable bonds is 6. The van der Waals surface area contributed by atoms with E-state index in [1.54, 1.807) is 12.4 Å². The molecule has 1 N–H and O–H groups in total. The van der Waals surface area contributed by atoms with Crippen LogP contribution in [0, 0.1) is 6.92 Å². The van der Waals surface area contributed by atoms with E-state index in [0.29, 0.717) is 23.1 Å². The lowest BCUT2D eigenvalue weighted by Crippen LogP contribution is -2.36. The highest BCUT2D eigenvalue weighted by molar-refractivity contribution is 6.31. The second-order valence-electron chi connectivity index (χ2n) is 6.85. The first-order valence-electron chi connectivity index (χ1n) is 9.15. The second kappa shape index (κ2) is 8.85. The molecule has 0 aliphatic heterocycles. The lowest BCUT2D eigenvalue weighted by Gasteiger charge is -2.26. The largest absolute Gasteiger partial charge is 0.332 e. The van der Waals surface area contributed by atoms with Crippen LogP contribution in [0.2, 0.25) is 5.02 Å². The lowest BCUT2D eigenvalue weighted by molar-refractivity contribution is 0.0689. The average molecular weight is 395 g/mol. The Balaban J connectivity index is 1.75. The van der Waals surface area contributed by atoms with Crippen molar-refractivity contribution in [3.8, 4) is 0 Å². The first-order chi connectivity index (χ1) is 13.5. The van der Waals surface area contributed by atoms with Gasteiger partial charge in [-0.1, -0.05) is 48.0 Å². The van der Waals surface area contributed by atoms with E-state index in [4.69, 9.17) is 11.6 Å². The molecule has 0 fully saturated rings. The minimum atomic E-state index is -0.0932. The fourth-order valence-electron chi connectivity index (χ4n) is 2.80. The van der Waals surface area contributed by atoms with Crippen molar-refractivity contribution < 1.29 is 4.79 Å². The van der Waals surface area contributed by atoms with Gasteiger partial charge in [-0.05, 0) is 44.0 Å². The SMILES string of the molecule is Cc1c(Cl)cccc1Nc1ncc(C(=O)N(Cc2ccccc2)C(C)C)cn1. The van der Waals surface area contributed by atoms with Crippen molar-refractivity contribution in [3.63, 3.8) is 0 Å². The van der Waals surface area contributed by atoms with Crippen molar-refractivity contribution in [1.29, 1.82) is 0 Å². The number of nitrogens with zero attached hydrogens (tertiary/aromatic N) is 3. The normalized spacial score (nSPS) is 10.8. The average Bonchev–Trinajstić information content (AvgIpc) is 2.70. The first kappa shape index (κ1) is 19.8. The Morgan fingerprint density at radius 1 is 1.07 bits per heavy atom. The summed E-state index contributed by atoms with van der Waals surface area (Å²) in [6.07, 6.45) is 3.11. The Labute approximate surface area is 170 Å². The summed E-state index contributed by atoms with van der Waals surface area (Å²) in [5.74, 6) is 0.324. The first-order valence-corrected chi connectivity index (χ1v) is 9.52. The second-order valence-corrected chi connectivity index (χ2v) is 7.25. The Morgan fingerprint density at radius 2 is 1.75 bits per heavy atom. The summed E-state index contributed by atoms with van der Waals surface area (Å²) >= 11 is 6.15. The summed E-state index contributed by atoms with van der Waals surface area (Å²) in [5, 5.41) is 3.81. The van der Waals surface area contributed by atoms with Crippen molar-refractivity contribution in [3.05, 3.63) is 82.6 Å². The molecule has 28 heavy (non-hydrogen) atoms. The number of halogens is 1. The van der Waals surface area contributed by atoms with Gasteiger partial charge in [-0.15, -0.1) is 0 Å². The van der Waals surface area contributed by atoms with Gasteiger partial charge in [-0.3, -0.25) is 4.79 Å². The molecule has 3 rings (SSSR count). The summed E-state index contributed by atoms with van der Waals surface area (Å²) < 4.78 is 0. The van der Waals surface area contributed by atoms with Gasteiger partial charge in [0.05, 0.1) is 5.56 Å². The smallest absolute Gasteiger partial charge is 0.257 e. The Kier molecular flexibility index (Phi) is 6.26. The topological polar surface area (TPSA) is 58.1 Å². The van der Waals surface area contributed by atoms with Gasteiger partial charge < -0.3 is 10.2 Å². The molecule has 0 saturated heterocycles. The van der Waals surface area contributed by atoms with Crippen LogP contribution < -0.4 is 5.32 Å². The van der Waals surface area contributed by atoms with Gasteiger partial charge in [0.1, 0.15) is 0 Å². The van der Waals surface area contributed by atoms with E-state index < -0.39 is 0 Å². The van der Waals surface area contributed by atoms with Crippen molar-refractivity contribution in [2.24, 2.45) is 0 Å². The van der Waals surface area contributed by atoms with Gasteiger partial charge in [0.2, 0.25) is 5.95 Å². The molecule has 5 nitrogen and oxygen atoms in total. The number of hydrogen-bond acceptors (Lipinski definition) is 4. The third kappa shape index (κ3) is 4.67. The molecule has 1 aromatic heterocycles. The number of hydrogen-bond donors (Lipinski definition) is 1. The molecule has 1 amide bonds. The molecule has 0 aliphatic carbocycles. The van der Waals surface area contributed by atoms with Crippen molar-refractivity contribution in [2.45, 2.75) is 33.4 Å². The van der Waals surface area contributed by atoms with Gasteiger partial charge >= 0.3 is 0 Å². The van der Waals surface area contributed by atoms with Crippen LogP contribution in [0.1, 0.15) is 35.3 Å². The van der Waals surface area contributed by atoms with Gasteiger partial charge in [0, 0.05) is 35.7 Å². The summed E-state index contributed by atoms with van der Waals surface area (Å²) in [7, 11) is 0. The molecular weight excluding hydrogens is 372 g/mol. The van der Waals surface area contributed by atoms with Crippen LogP contribution in [0.3, 0.4) is 0 Å². The number of amides is 1. The van der Waals surface area contributed by atoms with Crippen LogP contribution in [0.25, 0.3) is 0 Å². The fourth-order valence-corrected chi connectivity index (χ4v) is 2.98. The Morgan fingerprint density at radius 3 is 2.39 bits per heavy atom. The molecule has 1 heterocycles. The highest BCUT2D eigenvalue weighted by atomic mass is 35.5. The van der Waals surface area contributed by atoms with Crippen LogP contribution in [0.5, 0.6) is 0 Å². The summed E-state index contributed by atoms with van der Waals surface area (Å²) in [6.45, 7) is 6.46. The fraction of sp³-hybridized carbons (Fsp3) is 0.227. The molecular formula is C22H23ClN4O.